The molecular weight excluding hydrogens is 502 g/mol. The average molecular weight is 548 g/mol. The molecule has 0 spiro atoms. The molecule has 218 valence electrons. The lowest BCUT2D eigenvalue weighted by atomic mass is 9.97. The highest BCUT2D eigenvalue weighted by atomic mass is 16.4. The smallest absolute Gasteiger partial charge is 0.326 e. The Morgan fingerprint density at radius 2 is 1.46 bits per heavy atom. The van der Waals surface area contributed by atoms with Crippen molar-refractivity contribution < 1.29 is 24.3 Å². The van der Waals surface area contributed by atoms with E-state index in [0.717, 1.165) is 5.56 Å². The summed E-state index contributed by atoms with van der Waals surface area (Å²) in [6.07, 6.45) is 1.56. The first-order chi connectivity index (χ1) is 18.3. The summed E-state index contributed by atoms with van der Waals surface area (Å²) in [5.41, 5.74) is 17.5. The van der Waals surface area contributed by atoms with E-state index in [1.807, 2.05) is 33.8 Å². The average Bonchev–Trinajstić information content (AvgIpc) is 2.88. The standard InChI is InChI=1S/C27H45N7O5/c1-5-17(4)22(28)25(37)33-20(14-16(2)3)24(36)32-19(12-9-13-31-27(29)30)23(35)34-21(26(38)39)15-18-10-7-6-8-11-18/h6-8,10-11,16-17,19-22H,5,9,12-15,28H2,1-4H3,(H,32,36)(H,33,37)(H,34,35)(H,38,39)(H4,29,30,31). The minimum absolute atomic E-state index is 0.0530. The maximum atomic E-state index is 13.3. The van der Waals surface area contributed by atoms with Crippen LogP contribution in [-0.2, 0) is 25.6 Å². The number of nitrogens with one attached hydrogen (secondary N) is 3. The highest BCUT2D eigenvalue weighted by molar-refractivity contribution is 5.94. The Bertz CT molecular complexity index is 967. The van der Waals surface area contributed by atoms with E-state index in [1.165, 1.54) is 0 Å². The molecule has 3 amide bonds. The molecule has 0 aliphatic carbocycles. The number of carbonyl (C=O) groups is 4. The number of rotatable bonds is 17. The van der Waals surface area contributed by atoms with Crippen LogP contribution in [-0.4, -0.2) is 65.5 Å². The van der Waals surface area contributed by atoms with Gasteiger partial charge in [-0.25, -0.2) is 4.79 Å². The maximum absolute atomic E-state index is 13.3. The van der Waals surface area contributed by atoms with Gasteiger partial charge in [-0.15, -0.1) is 0 Å². The second kappa shape index (κ2) is 17.0. The van der Waals surface area contributed by atoms with Crippen LogP contribution in [0, 0.1) is 11.8 Å². The number of carboxylic acids is 1. The third-order valence-electron chi connectivity index (χ3n) is 6.38. The normalized spacial score (nSPS) is 14.8. The van der Waals surface area contributed by atoms with Crippen LogP contribution in [0.4, 0.5) is 0 Å². The monoisotopic (exact) mass is 547 g/mol. The first kappa shape index (κ1) is 33.4. The number of aliphatic carboxylic acids is 1. The number of nitrogens with zero attached hydrogens (tertiary/aromatic N) is 1. The van der Waals surface area contributed by atoms with Gasteiger partial charge in [0.05, 0.1) is 6.04 Å². The molecule has 0 saturated heterocycles. The number of amides is 3. The summed E-state index contributed by atoms with van der Waals surface area (Å²) in [5.74, 6) is -3.02. The van der Waals surface area contributed by atoms with Crippen LogP contribution >= 0.6 is 0 Å². The van der Waals surface area contributed by atoms with Crippen molar-refractivity contribution in [2.24, 2.45) is 34.0 Å². The van der Waals surface area contributed by atoms with E-state index in [0.29, 0.717) is 19.3 Å². The zero-order valence-electron chi connectivity index (χ0n) is 23.4. The van der Waals surface area contributed by atoms with Gasteiger partial charge in [-0.2, -0.15) is 0 Å². The van der Waals surface area contributed by atoms with Gasteiger partial charge in [0.15, 0.2) is 5.96 Å². The molecule has 1 aromatic rings. The maximum Gasteiger partial charge on any atom is 0.326 e. The van der Waals surface area contributed by atoms with Crippen molar-refractivity contribution in [2.75, 3.05) is 6.54 Å². The number of hydrogen-bond acceptors (Lipinski definition) is 6. The Morgan fingerprint density at radius 1 is 0.897 bits per heavy atom. The van der Waals surface area contributed by atoms with E-state index in [4.69, 9.17) is 17.2 Å². The van der Waals surface area contributed by atoms with Gasteiger partial charge in [0.25, 0.3) is 0 Å². The summed E-state index contributed by atoms with van der Waals surface area (Å²) in [7, 11) is 0. The Morgan fingerprint density at radius 3 is 2.00 bits per heavy atom. The fraction of sp³-hybridized carbons (Fsp3) is 0.593. The number of nitrogens with two attached hydrogens (primary N) is 3. The third kappa shape index (κ3) is 12.6. The van der Waals surface area contributed by atoms with E-state index in [9.17, 15) is 24.3 Å². The molecule has 1 rings (SSSR count). The van der Waals surface area contributed by atoms with Crippen LogP contribution in [0.2, 0.25) is 0 Å². The van der Waals surface area contributed by atoms with E-state index in [1.54, 1.807) is 24.3 Å². The van der Waals surface area contributed by atoms with Crippen LogP contribution in [0.5, 0.6) is 0 Å². The van der Waals surface area contributed by atoms with Gasteiger partial charge in [0.2, 0.25) is 17.7 Å². The summed E-state index contributed by atoms with van der Waals surface area (Å²) >= 11 is 0. The van der Waals surface area contributed by atoms with Crippen LogP contribution in [0.25, 0.3) is 0 Å². The first-order valence-electron chi connectivity index (χ1n) is 13.3. The molecule has 0 aliphatic heterocycles. The predicted molar refractivity (Wildman–Crippen MR) is 150 cm³/mol. The van der Waals surface area contributed by atoms with Gasteiger partial charge >= 0.3 is 5.97 Å². The van der Waals surface area contributed by atoms with Gasteiger partial charge in [-0.1, -0.05) is 64.4 Å². The van der Waals surface area contributed by atoms with Crippen molar-refractivity contribution in [2.45, 2.75) is 84.0 Å². The lowest BCUT2D eigenvalue weighted by Crippen LogP contribution is -2.58. The van der Waals surface area contributed by atoms with Crippen LogP contribution in [0.3, 0.4) is 0 Å². The summed E-state index contributed by atoms with van der Waals surface area (Å²) < 4.78 is 0. The molecule has 0 bridgehead atoms. The van der Waals surface area contributed by atoms with Crippen molar-refractivity contribution in [3.05, 3.63) is 35.9 Å². The molecule has 10 N–H and O–H groups in total. The van der Waals surface area contributed by atoms with Gasteiger partial charge in [0, 0.05) is 13.0 Å². The largest absolute Gasteiger partial charge is 0.480 e. The van der Waals surface area contributed by atoms with E-state index in [2.05, 4.69) is 20.9 Å². The summed E-state index contributed by atoms with van der Waals surface area (Å²) in [4.78, 5) is 55.1. The zero-order valence-corrected chi connectivity index (χ0v) is 23.4. The molecule has 5 unspecified atom stereocenters. The Kier molecular flexibility index (Phi) is 14.6. The van der Waals surface area contributed by atoms with E-state index < -0.39 is 47.9 Å². The molecule has 12 nitrogen and oxygen atoms in total. The number of guanidine groups is 1. The minimum atomic E-state index is -1.21. The fourth-order valence-corrected chi connectivity index (χ4v) is 3.85. The van der Waals surface area contributed by atoms with Gasteiger partial charge in [-0.05, 0) is 36.7 Å². The second-order valence-corrected chi connectivity index (χ2v) is 10.2. The number of carbonyl (C=O) groups excluding carboxylic acids is 3. The Balaban J connectivity index is 3.09. The van der Waals surface area contributed by atoms with Gasteiger partial charge in [0.1, 0.15) is 18.1 Å². The molecule has 0 saturated carbocycles. The summed E-state index contributed by atoms with van der Waals surface area (Å²) in [6, 6.07) is 4.88. The summed E-state index contributed by atoms with van der Waals surface area (Å²) in [6.45, 7) is 7.80. The van der Waals surface area contributed by atoms with Gasteiger partial charge in [-0.3, -0.25) is 19.4 Å². The molecule has 0 fully saturated rings. The number of hydrogen-bond donors (Lipinski definition) is 7. The Labute approximate surface area is 230 Å². The Hall–Kier alpha value is -3.67. The van der Waals surface area contributed by atoms with E-state index in [-0.39, 0.29) is 37.2 Å². The number of benzene rings is 1. The van der Waals surface area contributed by atoms with Crippen LogP contribution in [0.15, 0.2) is 35.3 Å². The molecule has 0 aliphatic rings. The number of aliphatic imine (C=N–C) groups is 1. The quantitative estimate of drug-likeness (QED) is 0.0812. The first-order valence-corrected chi connectivity index (χ1v) is 13.3. The van der Waals surface area contributed by atoms with Crippen molar-refractivity contribution in [1.82, 2.24) is 16.0 Å². The molecule has 39 heavy (non-hydrogen) atoms. The van der Waals surface area contributed by atoms with Crippen molar-refractivity contribution in [1.29, 1.82) is 0 Å². The highest BCUT2D eigenvalue weighted by Gasteiger charge is 2.31. The van der Waals surface area contributed by atoms with E-state index >= 15 is 0 Å². The number of carboxylic acid groups (broad SMARTS) is 1. The molecule has 1 aromatic carbocycles. The summed E-state index contributed by atoms with van der Waals surface area (Å²) in [5, 5.41) is 17.7. The highest BCUT2D eigenvalue weighted by Crippen LogP contribution is 2.11. The van der Waals surface area contributed by atoms with Gasteiger partial charge < -0.3 is 38.3 Å². The predicted octanol–water partition coefficient (Wildman–Crippen LogP) is 0.241. The molecule has 0 heterocycles. The topological polar surface area (TPSA) is 215 Å². The fourth-order valence-electron chi connectivity index (χ4n) is 3.85. The molecule has 0 aromatic heterocycles. The van der Waals surface area contributed by atoms with Crippen molar-refractivity contribution in [3.8, 4) is 0 Å². The van der Waals surface area contributed by atoms with Crippen LogP contribution < -0.4 is 33.2 Å². The van der Waals surface area contributed by atoms with Crippen molar-refractivity contribution >= 4 is 29.7 Å². The molecular formula is C27H45N7O5. The molecule has 5 atom stereocenters. The SMILES string of the molecule is CCC(C)C(N)C(=O)NC(CC(C)C)C(=O)NC(CCCN=C(N)N)C(=O)NC(Cc1ccccc1)C(=O)O. The lowest BCUT2D eigenvalue weighted by Gasteiger charge is -2.27. The molecule has 0 radical (unpaired) electrons. The van der Waals surface area contributed by atoms with Crippen LogP contribution in [0.1, 0.15) is 58.9 Å². The third-order valence-corrected chi connectivity index (χ3v) is 6.38. The zero-order chi connectivity index (χ0) is 29.5. The minimum Gasteiger partial charge on any atom is -0.480 e. The molecule has 12 heteroatoms. The lowest BCUT2D eigenvalue weighted by molar-refractivity contribution is -0.142. The second-order valence-electron chi connectivity index (χ2n) is 10.2. The van der Waals surface area contributed by atoms with Crippen molar-refractivity contribution in [3.63, 3.8) is 0 Å².